The summed E-state index contributed by atoms with van der Waals surface area (Å²) in [6, 6.07) is -0.796. The summed E-state index contributed by atoms with van der Waals surface area (Å²) in [6.45, 7) is 5.25. The number of esters is 1. The van der Waals surface area contributed by atoms with Crippen LogP contribution < -0.4 is 0 Å². The second-order valence-electron chi connectivity index (χ2n) is 5.02. The van der Waals surface area contributed by atoms with Crippen LogP contribution in [-0.4, -0.2) is 53.2 Å². The average molecular weight is 258 g/mol. The van der Waals surface area contributed by atoms with Crippen molar-refractivity contribution in [3.05, 3.63) is 0 Å². The summed E-state index contributed by atoms with van der Waals surface area (Å²) in [5, 5.41) is 11.8. The predicted molar refractivity (Wildman–Crippen MR) is 62.6 cm³/mol. The molecule has 1 saturated heterocycles. The van der Waals surface area contributed by atoms with Gasteiger partial charge in [-0.05, 0) is 20.8 Å². The van der Waals surface area contributed by atoms with Gasteiger partial charge in [0.1, 0.15) is 11.6 Å². The molecule has 1 N–H and O–H groups in total. The minimum absolute atomic E-state index is 0.0607. The first kappa shape index (κ1) is 14.3. The van der Waals surface area contributed by atoms with Crippen LogP contribution >= 0.6 is 0 Å². The summed E-state index contributed by atoms with van der Waals surface area (Å²) in [5.74, 6) is -0.556. The predicted octanol–water partition coefficient (Wildman–Crippen LogP) is 0.999. The number of carbonyl (C=O) groups excluding carboxylic acids is 2. The minimum Gasteiger partial charge on any atom is -0.467 e. The van der Waals surface area contributed by atoms with Gasteiger partial charge in [0.2, 0.25) is 0 Å². The van der Waals surface area contributed by atoms with E-state index < -0.39 is 23.7 Å². The van der Waals surface area contributed by atoms with Crippen molar-refractivity contribution in [2.75, 3.05) is 13.7 Å². The van der Waals surface area contributed by atoms with Gasteiger partial charge in [-0.2, -0.15) is 0 Å². The molecule has 1 rings (SSSR count). The zero-order chi connectivity index (χ0) is 13.9. The lowest BCUT2D eigenvalue weighted by atomic mass is 10.2. The van der Waals surface area contributed by atoms with Gasteiger partial charge >= 0.3 is 12.1 Å². The fraction of sp³-hybridized carbons (Fsp3) is 0.727. The first-order valence-electron chi connectivity index (χ1n) is 5.55. The van der Waals surface area contributed by atoms with Gasteiger partial charge in [0, 0.05) is 6.42 Å². The summed E-state index contributed by atoms with van der Waals surface area (Å²) in [6.07, 6.45) is -0.473. The Labute approximate surface area is 105 Å². The van der Waals surface area contributed by atoms with Crippen molar-refractivity contribution in [3.8, 4) is 0 Å². The molecule has 1 heterocycles. The average Bonchev–Trinajstić information content (AvgIpc) is 2.69. The first-order chi connectivity index (χ1) is 8.28. The molecule has 0 aliphatic carbocycles. The number of carbonyl (C=O) groups is 2. The Morgan fingerprint density at radius 1 is 1.44 bits per heavy atom. The van der Waals surface area contributed by atoms with E-state index >= 15 is 0 Å². The Morgan fingerprint density at radius 2 is 2.06 bits per heavy atom. The number of hydrogen-bond acceptors (Lipinski definition) is 6. The highest BCUT2D eigenvalue weighted by Crippen LogP contribution is 2.20. The van der Waals surface area contributed by atoms with E-state index in [1.165, 1.54) is 12.0 Å². The molecule has 0 bridgehead atoms. The zero-order valence-electron chi connectivity index (χ0n) is 11.0. The van der Waals surface area contributed by atoms with Crippen molar-refractivity contribution < 1.29 is 24.3 Å². The molecule has 1 fully saturated rings. The van der Waals surface area contributed by atoms with Gasteiger partial charge in [0.15, 0.2) is 0 Å². The number of amides is 1. The molecule has 18 heavy (non-hydrogen) atoms. The van der Waals surface area contributed by atoms with E-state index in [0.29, 0.717) is 5.71 Å². The Hall–Kier alpha value is -1.79. The first-order valence-corrected chi connectivity index (χ1v) is 5.55. The summed E-state index contributed by atoms with van der Waals surface area (Å²) in [5.41, 5.74) is -0.312. The maximum absolute atomic E-state index is 11.9. The lowest BCUT2D eigenvalue weighted by Gasteiger charge is -2.26. The summed E-state index contributed by atoms with van der Waals surface area (Å²) >= 11 is 0. The molecular formula is C11H18N2O5. The van der Waals surface area contributed by atoms with Crippen LogP contribution in [0.25, 0.3) is 0 Å². The number of likely N-dealkylation sites (tertiary alicyclic amines) is 1. The summed E-state index contributed by atoms with van der Waals surface area (Å²) < 4.78 is 9.79. The molecule has 0 aromatic heterocycles. The number of nitrogens with zero attached hydrogens (tertiary/aromatic N) is 2. The Bertz CT molecular complexity index is 372. The van der Waals surface area contributed by atoms with Gasteiger partial charge in [-0.1, -0.05) is 5.16 Å². The van der Waals surface area contributed by atoms with Crippen molar-refractivity contribution in [1.82, 2.24) is 4.90 Å². The fourth-order valence-corrected chi connectivity index (χ4v) is 1.64. The van der Waals surface area contributed by atoms with Gasteiger partial charge in [-0.3, -0.25) is 4.90 Å². The quantitative estimate of drug-likeness (QED) is 0.430. The van der Waals surface area contributed by atoms with Crippen molar-refractivity contribution in [3.63, 3.8) is 0 Å². The molecule has 1 amide bonds. The molecule has 0 spiro atoms. The second kappa shape index (κ2) is 5.24. The van der Waals surface area contributed by atoms with Gasteiger partial charge in [0.25, 0.3) is 0 Å². The van der Waals surface area contributed by atoms with Gasteiger partial charge in [-0.25, -0.2) is 9.59 Å². The fourth-order valence-electron chi connectivity index (χ4n) is 1.64. The number of rotatable bonds is 1. The molecular weight excluding hydrogens is 240 g/mol. The van der Waals surface area contributed by atoms with E-state index in [0.717, 1.165) is 0 Å². The van der Waals surface area contributed by atoms with E-state index in [4.69, 9.17) is 9.94 Å². The third-order valence-corrected chi connectivity index (χ3v) is 2.40. The zero-order valence-corrected chi connectivity index (χ0v) is 11.0. The topological polar surface area (TPSA) is 88.4 Å². The minimum atomic E-state index is -0.796. The molecule has 0 aromatic rings. The van der Waals surface area contributed by atoms with Crippen molar-refractivity contribution in [1.29, 1.82) is 0 Å². The van der Waals surface area contributed by atoms with Gasteiger partial charge < -0.3 is 14.7 Å². The molecule has 1 atom stereocenters. The third-order valence-electron chi connectivity index (χ3n) is 2.40. The molecule has 1 aliphatic heterocycles. The van der Waals surface area contributed by atoms with Crippen molar-refractivity contribution >= 4 is 17.8 Å². The number of ether oxygens (including phenoxy) is 2. The van der Waals surface area contributed by atoms with Crippen molar-refractivity contribution in [2.24, 2.45) is 5.16 Å². The SMILES string of the molecule is COC(=O)[C@@H]1C/C(=N/O)CN1C(=O)OC(C)(C)C. The molecule has 0 saturated carbocycles. The molecule has 102 valence electrons. The van der Waals surface area contributed by atoms with Crippen LogP contribution in [0, 0.1) is 0 Å². The molecule has 0 aromatic carbocycles. The molecule has 0 unspecified atom stereocenters. The number of hydrogen-bond donors (Lipinski definition) is 1. The number of methoxy groups -OCH3 is 1. The maximum atomic E-state index is 11.9. The monoisotopic (exact) mass is 258 g/mol. The van der Waals surface area contributed by atoms with Gasteiger partial charge in [-0.15, -0.1) is 0 Å². The van der Waals surface area contributed by atoms with Crippen LogP contribution in [-0.2, 0) is 14.3 Å². The van der Waals surface area contributed by atoms with Crippen molar-refractivity contribution in [2.45, 2.75) is 38.8 Å². The lowest BCUT2D eigenvalue weighted by Crippen LogP contribution is -2.43. The van der Waals surface area contributed by atoms with Crippen LogP contribution in [0.2, 0.25) is 0 Å². The smallest absolute Gasteiger partial charge is 0.411 e. The van der Waals surface area contributed by atoms with E-state index in [9.17, 15) is 9.59 Å². The van der Waals surface area contributed by atoms with Crippen LogP contribution in [0.4, 0.5) is 4.79 Å². The largest absolute Gasteiger partial charge is 0.467 e. The molecule has 7 nitrogen and oxygen atoms in total. The van der Waals surface area contributed by atoms with E-state index in [-0.39, 0.29) is 13.0 Å². The number of oxime groups is 1. The standard InChI is InChI=1S/C11H18N2O5/c1-11(2,3)18-10(15)13-6-7(12-16)5-8(13)9(14)17-4/h8,16H,5-6H2,1-4H3/b12-7-/t8-/m0/s1. The lowest BCUT2D eigenvalue weighted by molar-refractivity contribution is -0.145. The highest BCUT2D eigenvalue weighted by molar-refractivity contribution is 5.98. The highest BCUT2D eigenvalue weighted by Gasteiger charge is 2.40. The third kappa shape index (κ3) is 3.35. The normalized spacial score (nSPS) is 22.1. The van der Waals surface area contributed by atoms with Crippen LogP contribution in [0.1, 0.15) is 27.2 Å². The summed E-state index contributed by atoms with van der Waals surface area (Å²) in [7, 11) is 1.24. The maximum Gasteiger partial charge on any atom is 0.411 e. The van der Waals surface area contributed by atoms with Crippen LogP contribution in [0.5, 0.6) is 0 Å². The molecule has 7 heteroatoms. The van der Waals surface area contributed by atoms with Crippen LogP contribution in [0.3, 0.4) is 0 Å². The Morgan fingerprint density at radius 3 is 2.50 bits per heavy atom. The van der Waals surface area contributed by atoms with E-state index in [2.05, 4.69) is 9.89 Å². The Balaban J connectivity index is 2.84. The van der Waals surface area contributed by atoms with E-state index in [1.54, 1.807) is 20.8 Å². The summed E-state index contributed by atoms with van der Waals surface area (Å²) in [4.78, 5) is 24.7. The highest BCUT2D eigenvalue weighted by atomic mass is 16.6. The van der Waals surface area contributed by atoms with Gasteiger partial charge in [0.05, 0.1) is 19.4 Å². The molecule has 0 radical (unpaired) electrons. The second-order valence-corrected chi connectivity index (χ2v) is 5.02. The van der Waals surface area contributed by atoms with Crippen LogP contribution in [0.15, 0.2) is 5.16 Å². The van der Waals surface area contributed by atoms with E-state index in [1.807, 2.05) is 0 Å². The molecule has 1 aliphatic rings. The Kier molecular flexibility index (Phi) is 4.15.